The molecule has 1 heterocycles. The second-order valence-corrected chi connectivity index (χ2v) is 14.8. The SMILES string of the molecule is C=C(C)[C@@H](/C=C/C(C)[C@H]1CCC2C3CC=C4CC(O[C@@H]5O[C@H](CO)[C@@H](O)[C@H](O)[C@H]5O)CC[C@]4(C)C3CC[C@@]21C)CC. The molecule has 5 unspecified atom stereocenters. The van der Waals surface area contributed by atoms with Crippen molar-refractivity contribution in [3.05, 3.63) is 36.0 Å². The van der Waals surface area contributed by atoms with E-state index >= 15 is 0 Å². The molecule has 14 atom stereocenters. The Balaban J connectivity index is 1.26. The van der Waals surface area contributed by atoms with Crippen molar-refractivity contribution < 1.29 is 29.9 Å². The van der Waals surface area contributed by atoms with Crippen LogP contribution in [0.1, 0.15) is 92.4 Å². The number of aliphatic hydroxyl groups is 4. The van der Waals surface area contributed by atoms with Gasteiger partial charge in [0.1, 0.15) is 24.4 Å². The van der Waals surface area contributed by atoms with Crippen LogP contribution in [0.3, 0.4) is 0 Å². The summed E-state index contributed by atoms with van der Waals surface area (Å²) in [6.45, 7) is 15.7. The molecular weight excluding hydrogens is 516 g/mol. The fourth-order valence-corrected chi connectivity index (χ4v) is 10.1. The summed E-state index contributed by atoms with van der Waals surface area (Å²) in [4.78, 5) is 0. The Morgan fingerprint density at radius 3 is 2.51 bits per heavy atom. The van der Waals surface area contributed by atoms with Gasteiger partial charge in [-0.25, -0.2) is 0 Å². The van der Waals surface area contributed by atoms with E-state index in [0.717, 1.165) is 49.9 Å². The minimum absolute atomic E-state index is 0.115. The Morgan fingerprint density at radius 1 is 1.07 bits per heavy atom. The molecule has 1 saturated heterocycles. The molecule has 41 heavy (non-hydrogen) atoms. The number of hydrogen-bond donors (Lipinski definition) is 4. The zero-order valence-corrected chi connectivity index (χ0v) is 26.0. The van der Waals surface area contributed by atoms with Crippen molar-refractivity contribution in [3.63, 3.8) is 0 Å². The van der Waals surface area contributed by atoms with E-state index in [1.807, 2.05) is 0 Å². The lowest BCUT2D eigenvalue weighted by atomic mass is 9.47. The summed E-state index contributed by atoms with van der Waals surface area (Å²) < 4.78 is 11.9. The smallest absolute Gasteiger partial charge is 0.186 e. The lowest BCUT2D eigenvalue weighted by Crippen LogP contribution is -2.60. The first kappa shape index (κ1) is 31.4. The van der Waals surface area contributed by atoms with Gasteiger partial charge in [-0.15, -0.1) is 0 Å². The van der Waals surface area contributed by atoms with Crippen LogP contribution in [0.15, 0.2) is 36.0 Å². The van der Waals surface area contributed by atoms with Gasteiger partial charge in [0.15, 0.2) is 6.29 Å². The van der Waals surface area contributed by atoms with E-state index in [1.165, 1.54) is 36.8 Å². The third-order valence-corrected chi connectivity index (χ3v) is 12.7. The average Bonchev–Trinajstić information content (AvgIpc) is 3.30. The highest BCUT2D eigenvalue weighted by molar-refractivity contribution is 5.26. The van der Waals surface area contributed by atoms with E-state index in [4.69, 9.17) is 9.47 Å². The zero-order chi connectivity index (χ0) is 29.7. The molecule has 0 amide bonds. The molecule has 0 aromatic rings. The molecule has 1 aliphatic heterocycles. The van der Waals surface area contributed by atoms with Gasteiger partial charge in [0.2, 0.25) is 0 Å². The summed E-state index contributed by atoms with van der Waals surface area (Å²) >= 11 is 0. The van der Waals surface area contributed by atoms with Crippen LogP contribution >= 0.6 is 0 Å². The summed E-state index contributed by atoms with van der Waals surface area (Å²) in [5, 5.41) is 40.4. The molecule has 3 saturated carbocycles. The van der Waals surface area contributed by atoms with Crippen molar-refractivity contribution in [3.8, 4) is 0 Å². The number of allylic oxidation sites excluding steroid dienone is 4. The van der Waals surface area contributed by atoms with Gasteiger partial charge in [0.25, 0.3) is 0 Å². The third kappa shape index (κ3) is 5.55. The van der Waals surface area contributed by atoms with Crippen molar-refractivity contribution >= 4 is 0 Å². The van der Waals surface area contributed by atoms with Crippen LogP contribution in [-0.4, -0.2) is 63.8 Å². The molecule has 0 bridgehead atoms. The number of ether oxygens (including phenoxy) is 2. The molecule has 4 N–H and O–H groups in total. The van der Waals surface area contributed by atoms with Gasteiger partial charge in [0, 0.05) is 0 Å². The Morgan fingerprint density at radius 2 is 1.83 bits per heavy atom. The molecule has 0 aromatic carbocycles. The molecule has 0 aromatic heterocycles. The molecule has 4 fully saturated rings. The third-order valence-electron chi connectivity index (χ3n) is 12.7. The highest BCUT2D eigenvalue weighted by atomic mass is 16.7. The molecule has 0 radical (unpaired) electrons. The lowest BCUT2D eigenvalue weighted by molar-refractivity contribution is -0.313. The highest BCUT2D eigenvalue weighted by Crippen LogP contribution is 2.67. The molecule has 6 heteroatoms. The standard InChI is InChI=1S/C35H56O6/c1-7-22(20(2)3)9-8-21(4)26-12-13-27-25-11-10-23-18-24(14-16-34(23,5)28(25)15-17-35(26,27)6)40-33-32(39)31(38)30(37)29(19-36)41-33/h8-10,21-22,24-33,36-39H,2,7,11-19H2,1,3-6H3/b9-8+/t21?,22-,24?,25?,26-,27?,28?,29-,30-,31+,32-,33-,34+,35-/m1/s1. The quantitative estimate of drug-likeness (QED) is 0.285. The van der Waals surface area contributed by atoms with E-state index in [0.29, 0.717) is 23.2 Å². The number of fused-ring (bicyclic) bond motifs is 5. The van der Waals surface area contributed by atoms with Crippen molar-refractivity contribution in [2.24, 2.45) is 46.3 Å². The van der Waals surface area contributed by atoms with Crippen molar-refractivity contribution in [2.75, 3.05) is 6.61 Å². The van der Waals surface area contributed by atoms with Crippen molar-refractivity contribution in [1.82, 2.24) is 0 Å². The average molecular weight is 573 g/mol. The van der Waals surface area contributed by atoms with Crippen LogP contribution in [0.25, 0.3) is 0 Å². The molecule has 0 spiro atoms. The Kier molecular flexibility index (Phi) is 9.32. The van der Waals surface area contributed by atoms with Crippen molar-refractivity contribution in [2.45, 2.75) is 129 Å². The second kappa shape index (κ2) is 12.2. The first-order chi connectivity index (χ1) is 19.4. The number of aliphatic hydroxyl groups excluding tert-OH is 4. The predicted octanol–water partition coefficient (Wildman–Crippen LogP) is 5.55. The van der Waals surface area contributed by atoms with Crippen molar-refractivity contribution in [1.29, 1.82) is 0 Å². The van der Waals surface area contributed by atoms with E-state index < -0.39 is 37.3 Å². The largest absolute Gasteiger partial charge is 0.394 e. The highest BCUT2D eigenvalue weighted by Gasteiger charge is 2.59. The van der Waals surface area contributed by atoms with Gasteiger partial charge in [0.05, 0.1) is 12.7 Å². The fourth-order valence-electron chi connectivity index (χ4n) is 10.1. The van der Waals surface area contributed by atoms with Crippen LogP contribution in [0.5, 0.6) is 0 Å². The summed E-state index contributed by atoms with van der Waals surface area (Å²) in [5.74, 6) is 4.04. The molecule has 4 aliphatic carbocycles. The van der Waals surface area contributed by atoms with Crippen LogP contribution in [0, 0.1) is 46.3 Å². The van der Waals surface area contributed by atoms with Crippen LogP contribution in [0.2, 0.25) is 0 Å². The van der Waals surface area contributed by atoms with E-state index in [2.05, 4.69) is 59.4 Å². The maximum absolute atomic E-state index is 10.5. The van der Waals surface area contributed by atoms with Gasteiger partial charge in [-0.3, -0.25) is 0 Å². The molecular formula is C35H56O6. The zero-order valence-electron chi connectivity index (χ0n) is 26.0. The molecule has 5 rings (SSSR count). The summed E-state index contributed by atoms with van der Waals surface area (Å²) in [7, 11) is 0. The van der Waals surface area contributed by atoms with Gasteiger partial charge >= 0.3 is 0 Å². The molecule has 232 valence electrons. The predicted molar refractivity (Wildman–Crippen MR) is 161 cm³/mol. The number of hydrogen-bond acceptors (Lipinski definition) is 6. The van der Waals surface area contributed by atoms with E-state index in [1.54, 1.807) is 0 Å². The minimum atomic E-state index is -1.40. The Bertz CT molecular complexity index is 1000. The molecule has 6 nitrogen and oxygen atoms in total. The van der Waals surface area contributed by atoms with E-state index in [9.17, 15) is 20.4 Å². The Hall–Kier alpha value is -1.02. The second-order valence-electron chi connectivity index (χ2n) is 14.8. The minimum Gasteiger partial charge on any atom is -0.394 e. The first-order valence-corrected chi connectivity index (χ1v) is 16.4. The lowest BCUT2D eigenvalue weighted by Gasteiger charge is -2.58. The first-order valence-electron chi connectivity index (χ1n) is 16.4. The maximum Gasteiger partial charge on any atom is 0.186 e. The Labute approximate surface area is 247 Å². The summed E-state index contributed by atoms with van der Waals surface area (Å²) in [6.07, 6.45) is 11.5. The van der Waals surface area contributed by atoms with Gasteiger partial charge in [-0.2, -0.15) is 0 Å². The van der Waals surface area contributed by atoms with Crippen LogP contribution in [0.4, 0.5) is 0 Å². The maximum atomic E-state index is 10.5. The summed E-state index contributed by atoms with van der Waals surface area (Å²) in [5.41, 5.74) is 3.33. The van der Waals surface area contributed by atoms with Crippen LogP contribution in [-0.2, 0) is 9.47 Å². The van der Waals surface area contributed by atoms with Gasteiger partial charge in [-0.1, -0.05) is 63.6 Å². The fraction of sp³-hybridized carbons (Fsp3) is 0.829. The van der Waals surface area contributed by atoms with Gasteiger partial charge in [-0.05, 0) is 111 Å². The summed E-state index contributed by atoms with van der Waals surface area (Å²) in [6, 6.07) is 0. The van der Waals surface area contributed by atoms with Gasteiger partial charge < -0.3 is 29.9 Å². The van der Waals surface area contributed by atoms with Crippen LogP contribution < -0.4 is 0 Å². The van der Waals surface area contributed by atoms with E-state index in [-0.39, 0.29) is 11.5 Å². The number of rotatable bonds is 8. The topological polar surface area (TPSA) is 99.4 Å². The normalized spacial score (nSPS) is 47.7. The monoisotopic (exact) mass is 572 g/mol. The molecule has 5 aliphatic rings.